The molecule has 1 aromatic carbocycles. The molecule has 0 fully saturated rings. The van der Waals surface area contributed by atoms with Crippen molar-refractivity contribution in [3.8, 4) is 17.2 Å². The molecule has 7 nitrogen and oxygen atoms in total. The molecule has 1 aliphatic heterocycles. The van der Waals surface area contributed by atoms with Gasteiger partial charge in [0.2, 0.25) is 0 Å². The molecule has 7 heteroatoms. The van der Waals surface area contributed by atoms with Gasteiger partial charge in [-0.3, -0.25) is 9.97 Å². The van der Waals surface area contributed by atoms with Gasteiger partial charge >= 0.3 is 0 Å². The lowest BCUT2D eigenvalue weighted by molar-refractivity contribution is 0.0904. The standard InChI is InChI=1S/C30H24N6O/c1-19-28(20(2)37-35-19)23-14-27-29(34-17-23)25(22-11-12-24(15-31)33-16-22)18-36(27)30(21-8-4-3-5-9-21)26-10-6-7-13-32-26/h3-14,16-18,20,28,30H,1-2H3/t20?,28?,30-/m1/s1. The van der Waals surface area contributed by atoms with Crippen LogP contribution in [0.15, 0.2) is 96.7 Å². The van der Waals surface area contributed by atoms with E-state index in [2.05, 4.69) is 45.2 Å². The van der Waals surface area contributed by atoms with Crippen LogP contribution >= 0.6 is 0 Å². The number of hydrogen-bond donors (Lipinski definition) is 0. The number of pyridine rings is 3. The smallest absolute Gasteiger partial charge is 0.140 e. The highest BCUT2D eigenvalue weighted by Gasteiger charge is 2.31. The summed E-state index contributed by atoms with van der Waals surface area (Å²) in [5, 5.41) is 13.4. The van der Waals surface area contributed by atoms with Gasteiger partial charge < -0.3 is 9.40 Å². The topological polar surface area (TPSA) is 89.0 Å². The Morgan fingerprint density at radius 3 is 2.49 bits per heavy atom. The van der Waals surface area contributed by atoms with Crippen molar-refractivity contribution < 1.29 is 4.84 Å². The predicted octanol–water partition coefficient (Wildman–Crippen LogP) is 5.88. The lowest BCUT2D eigenvalue weighted by Gasteiger charge is -2.21. The molecule has 0 bridgehead atoms. The van der Waals surface area contributed by atoms with E-state index in [1.165, 1.54) is 0 Å². The zero-order chi connectivity index (χ0) is 25.4. The normalized spacial score (nSPS) is 17.7. The summed E-state index contributed by atoms with van der Waals surface area (Å²) in [6.45, 7) is 4.02. The van der Waals surface area contributed by atoms with Crippen molar-refractivity contribution in [2.75, 3.05) is 0 Å². The van der Waals surface area contributed by atoms with Crippen LogP contribution in [-0.2, 0) is 4.84 Å². The summed E-state index contributed by atoms with van der Waals surface area (Å²) in [7, 11) is 0. The van der Waals surface area contributed by atoms with Gasteiger partial charge in [0.1, 0.15) is 23.9 Å². The number of aromatic nitrogens is 4. The van der Waals surface area contributed by atoms with Gasteiger partial charge in [-0.1, -0.05) is 41.6 Å². The SMILES string of the molecule is CC1=NOC(C)C1c1cnc2c(-c3ccc(C#N)nc3)cn([C@H](c3ccccc3)c3ccccn3)c2c1. The second kappa shape index (κ2) is 9.32. The second-order valence-electron chi connectivity index (χ2n) is 9.22. The fraction of sp³-hybridized carbons (Fsp3) is 0.167. The van der Waals surface area contributed by atoms with E-state index in [0.29, 0.717) is 5.69 Å². The average Bonchev–Trinajstić information content (AvgIpc) is 3.49. The Balaban J connectivity index is 1.61. The maximum Gasteiger partial charge on any atom is 0.140 e. The van der Waals surface area contributed by atoms with Crippen LogP contribution in [0.3, 0.4) is 0 Å². The number of fused-ring (bicyclic) bond motifs is 1. The summed E-state index contributed by atoms with van der Waals surface area (Å²) in [5.74, 6) is 0.0327. The first-order valence-electron chi connectivity index (χ1n) is 12.2. The molecule has 2 unspecified atom stereocenters. The van der Waals surface area contributed by atoms with Crippen LogP contribution in [0.4, 0.5) is 0 Å². The van der Waals surface area contributed by atoms with Gasteiger partial charge in [0.25, 0.3) is 0 Å². The van der Waals surface area contributed by atoms with Gasteiger partial charge in [-0.2, -0.15) is 5.26 Å². The minimum atomic E-state index is -0.172. The number of nitriles is 1. The van der Waals surface area contributed by atoms with Crippen LogP contribution in [0.25, 0.3) is 22.2 Å². The van der Waals surface area contributed by atoms with Crippen molar-refractivity contribution in [2.45, 2.75) is 31.9 Å². The zero-order valence-corrected chi connectivity index (χ0v) is 20.5. The molecule has 0 aliphatic carbocycles. The van der Waals surface area contributed by atoms with E-state index in [0.717, 1.165) is 44.7 Å². The van der Waals surface area contributed by atoms with Gasteiger partial charge in [0.05, 0.1) is 28.4 Å². The molecule has 5 heterocycles. The number of rotatable bonds is 5. The molecular formula is C30H24N6O. The molecule has 0 spiro atoms. The Labute approximate surface area is 214 Å². The van der Waals surface area contributed by atoms with Gasteiger partial charge in [-0.15, -0.1) is 0 Å². The molecule has 180 valence electrons. The molecule has 0 saturated carbocycles. The maximum atomic E-state index is 9.22. The summed E-state index contributed by atoms with van der Waals surface area (Å²) in [5.41, 5.74) is 8.07. The average molecular weight is 485 g/mol. The van der Waals surface area contributed by atoms with Crippen molar-refractivity contribution in [1.29, 1.82) is 5.26 Å². The maximum absolute atomic E-state index is 9.22. The van der Waals surface area contributed by atoms with E-state index in [1.807, 2.05) is 68.7 Å². The van der Waals surface area contributed by atoms with Crippen LogP contribution in [0.1, 0.15) is 48.3 Å². The third kappa shape index (κ3) is 4.03. The minimum Gasteiger partial charge on any atom is -0.392 e. The van der Waals surface area contributed by atoms with Crippen molar-refractivity contribution >= 4 is 16.7 Å². The number of oxime groups is 1. The molecule has 3 atom stereocenters. The molecule has 37 heavy (non-hydrogen) atoms. The van der Waals surface area contributed by atoms with Gasteiger partial charge in [0.15, 0.2) is 0 Å². The van der Waals surface area contributed by atoms with Gasteiger partial charge in [-0.25, -0.2) is 4.98 Å². The summed E-state index contributed by atoms with van der Waals surface area (Å²) >= 11 is 0. The first kappa shape index (κ1) is 22.6. The summed E-state index contributed by atoms with van der Waals surface area (Å²) < 4.78 is 2.24. The number of nitrogens with zero attached hydrogens (tertiary/aromatic N) is 6. The highest BCUT2D eigenvalue weighted by molar-refractivity contribution is 5.95. The lowest BCUT2D eigenvalue weighted by Crippen LogP contribution is -2.17. The Hall–Kier alpha value is -4.83. The van der Waals surface area contributed by atoms with Crippen LogP contribution in [0, 0.1) is 11.3 Å². The van der Waals surface area contributed by atoms with E-state index < -0.39 is 0 Å². The number of hydrogen-bond acceptors (Lipinski definition) is 6. The van der Waals surface area contributed by atoms with Crippen LogP contribution in [0.2, 0.25) is 0 Å². The Morgan fingerprint density at radius 2 is 1.81 bits per heavy atom. The van der Waals surface area contributed by atoms with E-state index >= 15 is 0 Å². The van der Waals surface area contributed by atoms with Crippen molar-refractivity contribution in [3.05, 3.63) is 114 Å². The molecule has 0 N–H and O–H groups in total. The van der Waals surface area contributed by atoms with Gasteiger partial charge in [0, 0.05) is 35.9 Å². The largest absolute Gasteiger partial charge is 0.392 e. The van der Waals surface area contributed by atoms with E-state index in [4.69, 9.17) is 14.8 Å². The third-order valence-corrected chi connectivity index (χ3v) is 6.88. The fourth-order valence-electron chi connectivity index (χ4n) is 5.14. The van der Waals surface area contributed by atoms with Crippen molar-refractivity contribution in [3.63, 3.8) is 0 Å². The summed E-state index contributed by atoms with van der Waals surface area (Å²) in [6.07, 6.45) is 7.52. The molecule has 6 rings (SSSR count). The summed E-state index contributed by atoms with van der Waals surface area (Å²) in [6, 6.07) is 24.1. The lowest BCUT2D eigenvalue weighted by atomic mass is 9.92. The quantitative estimate of drug-likeness (QED) is 0.311. The van der Waals surface area contributed by atoms with Crippen molar-refractivity contribution in [1.82, 2.24) is 19.5 Å². The highest BCUT2D eigenvalue weighted by Crippen LogP contribution is 2.38. The molecule has 4 aromatic heterocycles. The van der Waals surface area contributed by atoms with E-state index in [9.17, 15) is 5.26 Å². The molecule has 5 aromatic rings. The van der Waals surface area contributed by atoms with Crippen LogP contribution < -0.4 is 0 Å². The second-order valence-corrected chi connectivity index (χ2v) is 9.22. The molecule has 0 amide bonds. The molecule has 0 radical (unpaired) electrons. The fourth-order valence-corrected chi connectivity index (χ4v) is 5.14. The third-order valence-electron chi connectivity index (χ3n) is 6.88. The monoisotopic (exact) mass is 484 g/mol. The van der Waals surface area contributed by atoms with Crippen LogP contribution in [0.5, 0.6) is 0 Å². The zero-order valence-electron chi connectivity index (χ0n) is 20.5. The Morgan fingerprint density at radius 1 is 0.973 bits per heavy atom. The number of benzene rings is 1. The minimum absolute atomic E-state index is 0.0327. The van der Waals surface area contributed by atoms with Gasteiger partial charge in [-0.05, 0) is 55.3 Å². The Kier molecular flexibility index (Phi) is 5.70. The summed E-state index contributed by atoms with van der Waals surface area (Å²) in [4.78, 5) is 19.6. The first-order valence-corrected chi connectivity index (χ1v) is 12.2. The molecule has 0 saturated heterocycles. The van der Waals surface area contributed by atoms with Crippen molar-refractivity contribution in [2.24, 2.45) is 5.16 Å². The predicted molar refractivity (Wildman–Crippen MR) is 142 cm³/mol. The van der Waals surface area contributed by atoms with E-state index in [-0.39, 0.29) is 18.1 Å². The Bertz CT molecular complexity index is 1600. The van der Waals surface area contributed by atoms with Crippen LogP contribution in [-0.4, -0.2) is 31.3 Å². The van der Waals surface area contributed by atoms with E-state index in [1.54, 1.807) is 12.3 Å². The molecule has 1 aliphatic rings. The highest BCUT2D eigenvalue weighted by atomic mass is 16.6. The first-order chi connectivity index (χ1) is 18.1. The molecular weight excluding hydrogens is 460 g/mol.